The third-order valence-corrected chi connectivity index (χ3v) is 5.62. The highest BCUT2D eigenvalue weighted by atomic mass is 35.5. The number of nitro benzene ring substituents is 1. The van der Waals surface area contributed by atoms with Crippen molar-refractivity contribution in [2.24, 2.45) is 0 Å². The molecule has 1 heterocycles. The van der Waals surface area contributed by atoms with Gasteiger partial charge in [-0.3, -0.25) is 10.1 Å². The van der Waals surface area contributed by atoms with E-state index in [2.05, 4.69) is 14.9 Å². The Morgan fingerprint density at radius 3 is 2.62 bits per heavy atom. The summed E-state index contributed by atoms with van der Waals surface area (Å²) in [6.07, 6.45) is 0. The number of aromatic nitrogens is 2. The summed E-state index contributed by atoms with van der Waals surface area (Å²) in [4.78, 5) is 14.0. The highest BCUT2D eigenvalue weighted by Gasteiger charge is 2.33. The number of hydrogen-bond acceptors (Lipinski definition) is 8. The molecule has 0 radical (unpaired) electrons. The number of methoxy groups -OCH3 is 1. The van der Waals surface area contributed by atoms with Gasteiger partial charge in [-0.2, -0.15) is 9.71 Å². The standard InChI is InChI=1S/C17H15ClN4O6S/c1-10-19-17(20-28-10)16(12-5-3-4-6-14(12)27-2)21-29(25,26)15-9-11(18)7-8-13(15)22(23)24/h3-9,16,21H,1-2H3/t16-/m1/s1. The minimum absolute atomic E-state index is 0.0141. The monoisotopic (exact) mass is 438 g/mol. The number of para-hydroxylation sites is 1. The molecule has 12 heteroatoms. The number of halogens is 1. The minimum Gasteiger partial charge on any atom is -0.496 e. The fourth-order valence-electron chi connectivity index (χ4n) is 2.67. The lowest BCUT2D eigenvalue weighted by Crippen LogP contribution is -2.31. The number of aryl methyl sites for hydroxylation is 1. The van der Waals surface area contributed by atoms with E-state index in [1.807, 2.05) is 0 Å². The summed E-state index contributed by atoms with van der Waals surface area (Å²) in [6, 6.07) is 8.75. The molecule has 0 saturated heterocycles. The Bertz CT molecular complexity index is 1160. The highest BCUT2D eigenvalue weighted by Crippen LogP contribution is 2.32. The van der Waals surface area contributed by atoms with Crippen LogP contribution in [0.1, 0.15) is 23.3 Å². The third-order valence-electron chi connectivity index (χ3n) is 3.93. The second-order valence-electron chi connectivity index (χ2n) is 5.84. The zero-order valence-corrected chi connectivity index (χ0v) is 16.8. The van der Waals surface area contributed by atoms with Gasteiger partial charge in [-0.15, -0.1) is 0 Å². The third kappa shape index (κ3) is 4.36. The number of nitrogens with zero attached hydrogens (tertiary/aromatic N) is 3. The Balaban J connectivity index is 2.14. The van der Waals surface area contributed by atoms with Gasteiger partial charge in [0, 0.05) is 23.6 Å². The molecule has 1 atom stereocenters. The molecule has 29 heavy (non-hydrogen) atoms. The Morgan fingerprint density at radius 2 is 2.00 bits per heavy atom. The van der Waals surface area contributed by atoms with Gasteiger partial charge in [0.15, 0.2) is 10.7 Å². The van der Waals surface area contributed by atoms with Crippen molar-refractivity contribution in [3.05, 3.63) is 74.9 Å². The molecule has 0 aliphatic heterocycles. The van der Waals surface area contributed by atoms with E-state index in [0.717, 1.165) is 12.1 Å². The van der Waals surface area contributed by atoms with Crippen LogP contribution < -0.4 is 9.46 Å². The first-order chi connectivity index (χ1) is 13.7. The van der Waals surface area contributed by atoms with Crippen molar-refractivity contribution >= 4 is 27.3 Å². The Morgan fingerprint density at radius 1 is 1.28 bits per heavy atom. The molecule has 1 N–H and O–H groups in total. The van der Waals surface area contributed by atoms with E-state index in [4.69, 9.17) is 20.9 Å². The zero-order chi connectivity index (χ0) is 21.2. The number of nitrogens with one attached hydrogen (secondary N) is 1. The number of rotatable bonds is 7. The molecule has 152 valence electrons. The number of nitro groups is 1. The van der Waals surface area contributed by atoms with E-state index in [1.165, 1.54) is 13.2 Å². The fraction of sp³-hybridized carbons (Fsp3) is 0.176. The average molecular weight is 439 g/mol. The minimum atomic E-state index is -4.42. The van der Waals surface area contributed by atoms with Crippen molar-refractivity contribution < 1.29 is 22.6 Å². The van der Waals surface area contributed by atoms with Crippen LogP contribution in [0.5, 0.6) is 5.75 Å². The van der Waals surface area contributed by atoms with Crippen LogP contribution in [0, 0.1) is 17.0 Å². The summed E-state index contributed by atoms with van der Waals surface area (Å²) in [5, 5.41) is 15.1. The second-order valence-corrected chi connectivity index (χ2v) is 7.96. The summed E-state index contributed by atoms with van der Waals surface area (Å²) in [7, 11) is -3.00. The molecule has 0 amide bonds. The lowest BCUT2D eigenvalue weighted by atomic mass is 10.1. The van der Waals surface area contributed by atoms with Crippen LogP contribution in [0.3, 0.4) is 0 Å². The van der Waals surface area contributed by atoms with Crippen molar-refractivity contribution in [2.75, 3.05) is 7.11 Å². The van der Waals surface area contributed by atoms with Gasteiger partial charge in [0.05, 0.1) is 12.0 Å². The first-order valence-electron chi connectivity index (χ1n) is 8.12. The molecule has 2 aromatic carbocycles. The van der Waals surface area contributed by atoms with Gasteiger partial charge in [0.2, 0.25) is 15.9 Å². The molecule has 3 aromatic rings. The molecule has 0 bridgehead atoms. The average Bonchev–Trinajstić information content (AvgIpc) is 3.12. The van der Waals surface area contributed by atoms with Gasteiger partial charge in [0.25, 0.3) is 5.69 Å². The van der Waals surface area contributed by atoms with Gasteiger partial charge in [-0.25, -0.2) is 8.42 Å². The molecular formula is C17H15ClN4O6S. The summed E-state index contributed by atoms with van der Waals surface area (Å²) < 4.78 is 38.8. The van der Waals surface area contributed by atoms with E-state index in [1.54, 1.807) is 31.2 Å². The van der Waals surface area contributed by atoms with Gasteiger partial charge >= 0.3 is 0 Å². The first kappa shape index (κ1) is 20.7. The molecule has 10 nitrogen and oxygen atoms in total. The Labute approximate surface area is 170 Å². The molecular weight excluding hydrogens is 424 g/mol. The summed E-state index contributed by atoms with van der Waals surface area (Å²) in [6.45, 7) is 1.55. The van der Waals surface area contributed by atoms with Gasteiger partial charge in [0.1, 0.15) is 11.8 Å². The van der Waals surface area contributed by atoms with Crippen LogP contribution >= 0.6 is 11.6 Å². The Kier molecular flexibility index (Phi) is 5.82. The second kappa shape index (κ2) is 8.15. The molecule has 3 rings (SSSR count). The Hall–Kier alpha value is -3.02. The number of sulfonamides is 1. The largest absolute Gasteiger partial charge is 0.496 e. The fourth-order valence-corrected chi connectivity index (χ4v) is 4.27. The predicted molar refractivity (Wildman–Crippen MR) is 102 cm³/mol. The van der Waals surface area contributed by atoms with Crippen LogP contribution in [0.25, 0.3) is 0 Å². The smallest absolute Gasteiger partial charge is 0.289 e. The maximum absolute atomic E-state index is 13.1. The normalized spacial score (nSPS) is 12.5. The van der Waals surface area contributed by atoms with Crippen molar-refractivity contribution in [2.45, 2.75) is 17.9 Å². The summed E-state index contributed by atoms with van der Waals surface area (Å²) >= 11 is 5.87. The van der Waals surface area contributed by atoms with Gasteiger partial charge < -0.3 is 9.26 Å². The van der Waals surface area contributed by atoms with Gasteiger partial charge in [-0.05, 0) is 18.2 Å². The molecule has 0 aliphatic rings. The van der Waals surface area contributed by atoms with Crippen LogP contribution in [-0.2, 0) is 10.0 Å². The predicted octanol–water partition coefficient (Wildman–Crippen LogP) is 3.02. The quantitative estimate of drug-likeness (QED) is 0.438. The van der Waals surface area contributed by atoms with Crippen molar-refractivity contribution in [3.63, 3.8) is 0 Å². The number of benzene rings is 2. The maximum Gasteiger partial charge on any atom is 0.289 e. The summed E-state index contributed by atoms with van der Waals surface area (Å²) in [5.41, 5.74) is -0.228. The summed E-state index contributed by atoms with van der Waals surface area (Å²) in [5.74, 6) is 0.594. The van der Waals surface area contributed by atoms with E-state index in [-0.39, 0.29) is 16.7 Å². The lowest BCUT2D eigenvalue weighted by molar-refractivity contribution is -0.387. The van der Waals surface area contributed by atoms with Crippen LogP contribution in [0.4, 0.5) is 5.69 Å². The van der Waals surface area contributed by atoms with Crippen molar-refractivity contribution in [1.29, 1.82) is 0 Å². The molecule has 0 aliphatic carbocycles. The topological polar surface area (TPSA) is 137 Å². The molecule has 1 aromatic heterocycles. The molecule has 0 saturated carbocycles. The number of hydrogen-bond donors (Lipinski definition) is 1. The lowest BCUT2D eigenvalue weighted by Gasteiger charge is -2.18. The van der Waals surface area contributed by atoms with Crippen LogP contribution in [-0.4, -0.2) is 30.6 Å². The van der Waals surface area contributed by atoms with E-state index < -0.39 is 31.6 Å². The van der Waals surface area contributed by atoms with Crippen LogP contribution in [0.15, 0.2) is 51.9 Å². The van der Waals surface area contributed by atoms with E-state index in [0.29, 0.717) is 11.3 Å². The SMILES string of the molecule is COc1ccccc1[C@@H](NS(=O)(=O)c1cc(Cl)ccc1[N+](=O)[O-])c1noc(C)n1. The maximum atomic E-state index is 13.1. The van der Waals surface area contributed by atoms with Crippen molar-refractivity contribution in [1.82, 2.24) is 14.9 Å². The van der Waals surface area contributed by atoms with Crippen LogP contribution in [0.2, 0.25) is 5.02 Å². The molecule has 0 fully saturated rings. The molecule has 0 unspecified atom stereocenters. The first-order valence-corrected chi connectivity index (χ1v) is 9.98. The molecule has 0 spiro atoms. The highest BCUT2D eigenvalue weighted by molar-refractivity contribution is 7.89. The zero-order valence-electron chi connectivity index (χ0n) is 15.2. The van der Waals surface area contributed by atoms with Gasteiger partial charge in [-0.1, -0.05) is 35.0 Å². The van der Waals surface area contributed by atoms with E-state index in [9.17, 15) is 18.5 Å². The van der Waals surface area contributed by atoms with Crippen molar-refractivity contribution in [3.8, 4) is 5.75 Å². The van der Waals surface area contributed by atoms with E-state index >= 15 is 0 Å². The number of ether oxygens (including phenoxy) is 1.